The molecule has 0 saturated carbocycles. The first-order valence-electron chi connectivity index (χ1n) is 6.24. The molecule has 2 aromatic rings. The van der Waals surface area contributed by atoms with Gasteiger partial charge in [-0.2, -0.15) is 5.10 Å². The number of methoxy groups -OCH3 is 2. The minimum absolute atomic E-state index is 0.109. The molecular weight excluding hydrogens is 276 g/mol. The Morgan fingerprint density at radius 3 is 2.43 bits per heavy atom. The fourth-order valence-electron chi connectivity index (χ4n) is 1.92. The number of carbonyl (C=O) groups is 2. The van der Waals surface area contributed by atoms with E-state index in [4.69, 9.17) is 0 Å². The highest BCUT2D eigenvalue weighted by Crippen LogP contribution is 2.19. The molecule has 0 N–H and O–H groups in total. The average molecular weight is 292 g/mol. The molecule has 0 aromatic carbocycles. The van der Waals surface area contributed by atoms with Gasteiger partial charge in [-0.25, -0.2) is 9.50 Å². The van der Waals surface area contributed by atoms with Gasteiger partial charge in [0, 0.05) is 12.4 Å². The number of esters is 2. The number of ether oxygens (including phenoxy) is 2. The lowest BCUT2D eigenvalue weighted by Crippen LogP contribution is -2.36. The van der Waals surface area contributed by atoms with Crippen LogP contribution < -0.4 is 4.90 Å². The van der Waals surface area contributed by atoms with E-state index in [1.54, 1.807) is 16.9 Å². The molecule has 8 nitrogen and oxygen atoms in total. The molecule has 0 fully saturated rings. The van der Waals surface area contributed by atoms with Crippen LogP contribution in [0.4, 0.5) is 5.82 Å². The quantitative estimate of drug-likeness (QED) is 0.727. The molecule has 2 rings (SSSR count). The minimum Gasteiger partial charge on any atom is -0.468 e. The second-order valence-corrected chi connectivity index (χ2v) is 4.37. The number of rotatable bonds is 5. The number of hydrogen-bond acceptors (Lipinski definition) is 7. The molecule has 21 heavy (non-hydrogen) atoms. The number of anilines is 1. The van der Waals surface area contributed by atoms with Crippen LogP contribution in [-0.2, 0) is 19.1 Å². The Bertz CT molecular complexity index is 649. The average Bonchev–Trinajstić information content (AvgIpc) is 2.86. The molecule has 0 aliphatic heterocycles. The summed E-state index contributed by atoms with van der Waals surface area (Å²) in [5.41, 5.74) is 1.50. The first-order valence-corrected chi connectivity index (χ1v) is 6.24. The Kier molecular flexibility index (Phi) is 4.36. The van der Waals surface area contributed by atoms with Crippen molar-refractivity contribution in [3.8, 4) is 0 Å². The van der Waals surface area contributed by atoms with E-state index < -0.39 is 11.9 Å². The van der Waals surface area contributed by atoms with E-state index in [9.17, 15) is 9.59 Å². The number of carbonyl (C=O) groups excluding carboxylic acids is 2. The Morgan fingerprint density at radius 2 is 1.86 bits per heavy atom. The standard InChI is InChI=1S/C13H16N4O4/c1-9-6-10-13(14-4-5-17(10)15-9)16(7-11(18)20-2)8-12(19)21-3/h4-6H,7-8H2,1-3H3. The smallest absolute Gasteiger partial charge is 0.325 e. The van der Waals surface area contributed by atoms with Crippen LogP contribution in [0.3, 0.4) is 0 Å². The van der Waals surface area contributed by atoms with Crippen LogP contribution >= 0.6 is 0 Å². The van der Waals surface area contributed by atoms with Crippen molar-refractivity contribution >= 4 is 23.3 Å². The highest BCUT2D eigenvalue weighted by molar-refractivity contribution is 5.84. The molecule has 0 bridgehead atoms. The van der Waals surface area contributed by atoms with Crippen LogP contribution in [0.2, 0.25) is 0 Å². The van der Waals surface area contributed by atoms with Crippen molar-refractivity contribution in [2.24, 2.45) is 0 Å². The van der Waals surface area contributed by atoms with Gasteiger partial charge in [-0.05, 0) is 13.0 Å². The summed E-state index contributed by atoms with van der Waals surface area (Å²) in [6.07, 6.45) is 3.25. The summed E-state index contributed by atoms with van der Waals surface area (Å²) in [5, 5.41) is 4.27. The van der Waals surface area contributed by atoms with E-state index in [0.717, 1.165) is 5.69 Å². The zero-order chi connectivity index (χ0) is 15.4. The predicted molar refractivity (Wildman–Crippen MR) is 74.0 cm³/mol. The number of hydrogen-bond donors (Lipinski definition) is 0. The highest BCUT2D eigenvalue weighted by atomic mass is 16.5. The summed E-state index contributed by atoms with van der Waals surface area (Å²) >= 11 is 0. The molecule has 0 saturated heterocycles. The van der Waals surface area contributed by atoms with Crippen LogP contribution in [-0.4, -0.2) is 53.8 Å². The van der Waals surface area contributed by atoms with E-state index in [1.165, 1.54) is 19.1 Å². The third kappa shape index (κ3) is 3.28. The topological polar surface area (TPSA) is 86.0 Å². The highest BCUT2D eigenvalue weighted by Gasteiger charge is 2.20. The Morgan fingerprint density at radius 1 is 1.24 bits per heavy atom. The fraction of sp³-hybridized carbons (Fsp3) is 0.385. The number of aryl methyl sites for hydroxylation is 1. The predicted octanol–water partition coefficient (Wildman–Crippen LogP) is 0.190. The lowest BCUT2D eigenvalue weighted by Gasteiger charge is -2.21. The van der Waals surface area contributed by atoms with E-state index >= 15 is 0 Å². The van der Waals surface area contributed by atoms with Crippen molar-refractivity contribution in [3.63, 3.8) is 0 Å². The Labute approximate surface area is 121 Å². The maximum absolute atomic E-state index is 11.5. The van der Waals surface area contributed by atoms with Gasteiger partial charge in [0.15, 0.2) is 5.82 Å². The molecule has 0 aliphatic carbocycles. The third-order valence-electron chi connectivity index (χ3n) is 2.89. The number of nitrogens with zero attached hydrogens (tertiary/aromatic N) is 4. The molecular formula is C13H16N4O4. The first-order chi connectivity index (χ1) is 10.0. The maximum atomic E-state index is 11.5. The molecule has 0 spiro atoms. The fourth-order valence-corrected chi connectivity index (χ4v) is 1.92. The normalized spacial score (nSPS) is 10.4. The van der Waals surface area contributed by atoms with Gasteiger partial charge >= 0.3 is 11.9 Å². The summed E-state index contributed by atoms with van der Waals surface area (Å²) in [6.45, 7) is 1.63. The van der Waals surface area contributed by atoms with Gasteiger partial charge in [0.1, 0.15) is 18.6 Å². The van der Waals surface area contributed by atoms with Crippen molar-refractivity contribution in [2.45, 2.75) is 6.92 Å². The van der Waals surface area contributed by atoms with Crippen LogP contribution in [0.15, 0.2) is 18.5 Å². The van der Waals surface area contributed by atoms with E-state index in [1.807, 2.05) is 13.0 Å². The number of fused-ring (bicyclic) bond motifs is 1. The minimum atomic E-state index is -0.473. The molecule has 0 unspecified atom stereocenters. The lowest BCUT2D eigenvalue weighted by molar-refractivity contribution is -0.140. The summed E-state index contributed by atoms with van der Waals surface area (Å²) < 4.78 is 10.9. The second-order valence-electron chi connectivity index (χ2n) is 4.37. The third-order valence-corrected chi connectivity index (χ3v) is 2.89. The molecule has 0 radical (unpaired) electrons. The van der Waals surface area contributed by atoms with Gasteiger partial charge in [-0.3, -0.25) is 9.59 Å². The molecule has 8 heteroatoms. The largest absolute Gasteiger partial charge is 0.468 e. The van der Waals surface area contributed by atoms with Gasteiger partial charge < -0.3 is 14.4 Å². The second kappa shape index (κ2) is 6.21. The van der Waals surface area contributed by atoms with Gasteiger partial charge in [-0.15, -0.1) is 0 Å². The lowest BCUT2D eigenvalue weighted by atomic mass is 10.3. The summed E-state index contributed by atoms with van der Waals surface area (Å²) in [6, 6.07) is 1.82. The van der Waals surface area contributed by atoms with Gasteiger partial charge in [-0.1, -0.05) is 0 Å². The SMILES string of the molecule is COC(=O)CN(CC(=O)OC)c1nccn2nc(C)cc12. The van der Waals surface area contributed by atoms with Crippen LogP contribution in [0.1, 0.15) is 5.69 Å². The van der Waals surface area contributed by atoms with E-state index in [2.05, 4.69) is 19.6 Å². The van der Waals surface area contributed by atoms with Crippen LogP contribution in [0, 0.1) is 6.92 Å². The molecule has 2 heterocycles. The molecule has 112 valence electrons. The van der Waals surface area contributed by atoms with E-state index in [0.29, 0.717) is 11.3 Å². The monoisotopic (exact) mass is 292 g/mol. The van der Waals surface area contributed by atoms with Crippen molar-refractivity contribution in [2.75, 3.05) is 32.2 Å². The molecule has 0 aliphatic rings. The van der Waals surface area contributed by atoms with Gasteiger partial charge in [0.05, 0.1) is 19.9 Å². The first kappa shape index (κ1) is 14.8. The zero-order valence-electron chi connectivity index (χ0n) is 12.1. The van der Waals surface area contributed by atoms with Crippen LogP contribution in [0.25, 0.3) is 5.52 Å². The zero-order valence-corrected chi connectivity index (χ0v) is 12.1. The van der Waals surface area contributed by atoms with Gasteiger partial charge in [0.25, 0.3) is 0 Å². The van der Waals surface area contributed by atoms with Crippen molar-refractivity contribution in [3.05, 3.63) is 24.2 Å². The summed E-state index contributed by atoms with van der Waals surface area (Å²) in [4.78, 5) is 28.8. The Balaban J connectivity index is 2.41. The molecule has 0 amide bonds. The number of aromatic nitrogens is 3. The van der Waals surface area contributed by atoms with Crippen molar-refractivity contribution in [1.29, 1.82) is 0 Å². The van der Waals surface area contributed by atoms with Gasteiger partial charge in [0.2, 0.25) is 0 Å². The summed E-state index contributed by atoms with van der Waals surface area (Å²) in [7, 11) is 2.57. The van der Waals surface area contributed by atoms with Crippen molar-refractivity contribution in [1.82, 2.24) is 14.6 Å². The molecule has 2 aromatic heterocycles. The van der Waals surface area contributed by atoms with Crippen LogP contribution in [0.5, 0.6) is 0 Å². The maximum Gasteiger partial charge on any atom is 0.325 e. The summed E-state index contributed by atoms with van der Waals surface area (Å²) in [5.74, 6) is -0.480. The Hall–Kier alpha value is -2.64. The van der Waals surface area contributed by atoms with E-state index in [-0.39, 0.29) is 13.1 Å². The van der Waals surface area contributed by atoms with Crippen molar-refractivity contribution < 1.29 is 19.1 Å². The molecule has 0 atom stereocenters.